The zero-order valence-electron chi connectivity index (χ0n) is 22.1. The van der Waals surface area contributed by atoms with E-state index >= 15 is 0 Å². The molecule has 12 heteroatoms. The molecule has 2 aliphatic heterocycles. The van der Waals surface area contributed by atoms with E-state index < -0.39 is 12.1 Å². The van der Waals surface area contributed by atoms with Crippen LogP contribution in [0.15, 0.2) is 60.9 Å². The highest BCUT2D eigenvalue weighted by molar-refractivity contribution is 6.39. The summed E-state index contributed by atoms with van der Waals surface area (Å²) < 4.78 is 55.0. The summed E-state index contributed by atoms with van der Waals surface area (Å²) in [6.07, 6.45) is 0.148. The van der Waals surface area contributed by atoms with Gasteiger partial charge in [0.15, 0.2) is 11.5 Å². The maximum absolute atomic E-state index is 12.7. The molecule has 7 nitrogen and oxygen atoms in total. The number of rotatable bonds is 8. The number of halogens is 5. The molecule has 0 aliphatic carbocycles. The highest BCUT2D eigenvalue weighted by Crippen LogP contribution is 2.50. The van der Waals surface area contributed by atoms with Gasteiger partial charge in [-0.2, -0.15) is 0 Å². The van der Waals surface area contributed by atoms with E-state index in [-0.39, 0.29) is 39.2 Å². The average Bonchev–Trinajstić information content (AvgIpc) is 3.33. The minimum Gasteiger partial charge on any atom is -0.444 e. The lowest BCUT2D eigenvalue weighted by atomic mass is 9.83. The Hall–Kier alpha value is -3.21. The van der Waals surface area contributed by atoms with Crippen LogP contribution in [0.1, 0.15) is 42.1 Å². The predicted octanol–water partition coefficient (Wildman–Crippen LogP) is 6.83. The number of nitrogens with one attached hydrogen (secondary N) is 1. The SMILES string of the molecule is CC(CCNC(=O)c1c(Cl)cncc1Cl)N1CCC(C2(c3ccc(OC(F)(F)F)cc3)Oc3ccccc3O2)CC1. The first-order valence-electron chi connectivity index (χ1n) is 13.2. The number of ether oxygens (including phenoxy) is 3. The molecule has 5 rings (SSSR count). The Morgan fingerprint density at radius 1 is 1.07 bits per heavy atom. The fourth-order valence-corrected chi connectivity index (χ4v) is 5.93. The third kappa shape index (κ3) is 6.50. The number of fused-ring (bicyclic) bond motifs is 1. The minimum atomic E-state index is -4.78. The molecule has 3 aromatic rings. The van der Waals surface area contributed by atoms with Crippen molar-refractivity contribution in [3.05, 3.63) is 82.1 Å². The van der Waals surface area contributed by atoms with Crippen LogP contribution in [0.3, 0.4) is 0 Å². The number of benzene rings is 2. The topological polar surface area (TPSA) is 72.9 Å². The van der Waals surface area contributed by atoms with E-state index in [1.54, 1.807) is 12.1 Å². The number of para-hydroxylation sites is 2. The van der Waals surface area contributed by atoms with Crippen LogP contribution in [-0.4, -0.2) is 47.8 Å². The molecule has 0 spiro atoms. The Morgan fingerprint density at radius 3 is 2.22 bits per heavy atom. The number of pyridine rings is 1. The van der Waals surface area contributed by atoms with Gasteiger partial charge in [0.05, 0.1) is 15.6 Å². The van der Waals surface area contributed by atoms with Gasteiger partial charge in [-0.15, -0.1) is 13.2 Å². The second-order valence-electron chi connectivity index (χ2n) is 10.1. The number of amides is 1. The van der Waals surface area contributed by atoms with E-state index in [1.165, 1.54) is 24.5 Å². The van der Waals surface area contributed by atoms with Crippen LogP contribution < -0.4 is 19.5 Å². The van der Waals surface area contributed by atoms with Gasteiger partial charge in [0.25, 0.3) is 11.7 Å². The lowest BCUT2D eigenvalue weighted by molar-refractivity contribution is -0.274. The van der Waals surface area contributed by atoms with Gasteiger partial charge in [-0.3, -0.25) is 9.78 Å². The normalized spacial score (nSPS) is 17.7. The molecule has 218 valence electrons. The third-order valence-electron chi connectivity index (χ3n) is 7.48. The molecule has 41 heavy (non-hydrogen) atoms. The highest BCUT2D eigenvalue weighted by Gasteiger charge is 2.51. The summed E-state index contributed by atoms with van der Waals surface area (Å²) in [6.45, 7) is 4.04. The van der Waals surface area contributed by atoms with Crippen LogP contribution in [-0.2, 0) is 5.79 Å². The van der Waals surface area contributed by atoms with Gasteiger partial charge in [0.1, 0.15) is 5.75 Å². The van der Waals surface area contributed by atoms with Crippen molar-refractivity contribution >= 4 is 29.1 Å². The molecule has 1 atom stereocenters. The Bertz CT molecular complexity index is 1340. The lowest BCUT2D eigenvalue weighted by Crippen LogP contribution is -2.50. The maximum Gasteiger partial charge on any atom is 0.573 e. The fourth-order valence-electron chi connectivity index (χ4n) is 5.39. The molecule has 1 amide bonds. The van der Waals surface area contributed by atoms with Crippen LogP contribution in [0.4, 0.5) is 13.2 Å². The zero-order valence-corrected chi connectivity index (χ0v) is 23.6. The van der Waals surface area contributed by atoms with E-state index in [4.69, 9.17) is 32.7 Å². The van der Waals surface area contributed by atoms with Crippen molar-refractivity contribution in [2.24, 2.45) is 5.92 Å². The number of nitrogens with zero attached hydrogens (tertiary/aromatic N) is 2. The number of alkyl halides is 3. The predicted molar refractivity (Wildman–Crippen MR) is 147 cm³/mol. The van der Waals surface area contributed by atoms with Gasteiger partial charge < -0.3 is 24.4 Å². The Kier molecular flexibility index (Phi) is 8.54. The molecule has 1 fully saturated rings. The number of carbonyl (C=O) groups is 1. The molecular weight excluding hydrogens is 582 g/mol. The van der Waals surface area contributed by atoms with Crippen molar-refractivity contribution in [1.29, 1.82) is 0 Å². The van der Waals surface area contributed by atoms with Crippen molar-refractivity contribution in [2.45, 2.75) is 44.4 Å². The molecule has 1 saturated heterocycles. The largest absolute Gasteiger partial charge is 0.573 e. The summed E-state index contributed by atoms with van der Waals surface area (Å²) in [7, 11) is 0. The van der Waals surface area contributed by atoms with Gasteiger partial charge in [0.2, 0.25) is 0 Å². The van der Waals surface area contributed by atoms with Gasteiger partial charge in [-0.1, -0.05) is 35.3 Å². The number of piperidine rings is 1. The maximum atomic E-state index is 12.7. The molecule has 3 heterocycles. The molecular formula is C29H28Cl2F3N3O4. The summed E-state index contributed by atoms with van der Waals surface area (Å²) in [5, 5.41) is 3.27. The monoisotopic (exact) mass is 609 g/mol. The molecule has 1 unspecified atom stereocenters. The van der Waals surface area contributed by atoms with Crippen LogP contribution >= 0.6 is 23.2 Å². The van der Waals surface area contributed by atoms with Crippen molar-refractivity contribution < 1.29 is 32.2 Å². The smallest absolute Gasteiger partial charge is 0.444 e. The minimum absolute atomic E-state index is 0.0663. The van der Waals surface area contributed by atoms with Crippen LogP contribution in [0, 0.1) is 5.92 Å². The molecule has 1 N–H and O–H groups in total. The first kappa shape index (κ1) is 29.3. The summed E-state index contributed by atoms with van der Waals surface area (Å²) in [6, 6.07) is 13.2. The van der Waals surface area contributed by atoms with Crippen molar-refractivity contribution in [3.63, 3.8) is 0 Å². The van der Waals surface area contributed by atoms with Crippen molar-refractivity contribution in [3.8, 4) is 17.2 Å². The standard InChI is InChI=1S/C29H28Cl2F3N3O4/c1-18(10-13-36-27(38)26-22(30)16-35-17-23(26)31)37-14-11-20(12-15-37)28(40-24-4-2-3-5-25(24)41-28)19-6-8-21(9-7-19)39-29(32,33)34/h2-9,16-18,20H,10-15H2,1H3,(H,36,38). The Morgan fingerprint density at radius 2 is 1.66 bits per heavy atom. The highest BCUT2D eigenvalue weighted by atomic mass is 35.5. The van der Waals surface area contributed by atoms with Gasteiger partial charge in [0, 0.05) is 36.5 Å². The van der Waals surface area contributed by atoms with E-state index in [0.29, 0.717) is 30.0 Å². The number of likely N-dealkylation sites (tertiary alicyclic amines) is 1. The number of hydrogen-bond acceptors (Lipinski definition) is 6. The summed E-state index contributed by atoms with van der Waals surface area (Å²) >= 11 is 12.2. The van der Waals surface area contributed by atoms with Crippen LogP contribution in [0.5, 0.6) is 17.2 Å². The Labute approximate surface area is 245 Å². The lowest BCUT2D eigenvalue weighted by Gasteiger charge is -2.42. The third-order valence-corrected chi connectivity index (χ3v) is 8.05. The van der Waals surface area contributed by atoms with E-state index in [1.807, 2.05) is 24.3 Å². The van der Waals surface area contributed by atoms with Gasteiger partial charge in [-0.05, 0) is 75.7 Å². The number of aromatic nitrogens is 1. The molecule has 1 aromatic heterocycles. The van der Waals surface area contributed by atoms with E-state index in [9.17, 15) is 18.0 Å². The van der Waals surface area contributed by atoms with Crippen LogP contribution in [0.25, 0.3) is 0 Å². The Balaban J connectivity index is 1.23. The summed E-state index contributed by atoms with van der Waals surface area (Å²) in [5.41, 5.74) is 0.823. The van der Waals surface area contributed by atoms with E-state index in [2.05, 4.69) is 26.9 Å². The van der Waals surface area contributed by atoms with Crippen molar-refractivity contribution in [2.75, 3.05) is 19.6 Å². The van der Waals surface area contributed by atoms with Gasteiger partial charge >= 0.3 is 6.36 Å². The first-order chi connectivity index (χ1) is 19.6. The summed E-state index contributed by atoms with van der Waals surface area (Å²) in [4.78, 5) is 18.8. The van der Waals surface area contributed by atoms with Gasteiger partial charge in [-0.25, -0.2) is 0 Å². The second kappa shape index (κ2) is 12.0. The number of carbonyl (C=O) groups excluding carboxylic acids is 1. The van der Waals surface area contributed by atoms with Crippen molar-refractivity contribution in [1.82, 2.24) is 15.2 Å². The fraction of sp³-hybridized carbons (Fsp3) is 0.379. The quantitative estimate of drug-likeness (QED) is 0.302. The second-order valence-corrected chi connectivity index (χ2v) is 10.9. The first-order valence-corrected chi connectivity index (χ1v) is 14.0. The van der Waals surface area contributed by atoms with Crippen LogP contribution in [0.2, 0.25) is 10.0 Å². The summed E-state index contributed by atoms with van der Waals surface area (Å²) in [5.74, 6) is -0.725. The molecule has 0 radical (unpaired) electrons. The average molecular weight is 610 g/mol. The molecule has 2 aromatic carbocycles. The molecule has 0 bridgehead atoms. The molecule has 2 aliphatic rings. The molecule has 0 saturated carbocycles. The van der Waals surface area contributed by atoms with E-state index in [0.717, 1.165) is 25.9 Å². The zero-order chi connectivity index (χ0) is 29.2. The number of hydrogen-bond donors (Lipinski definition) is 1.